The molecule has 5 heteroatoms. The molecule has 98 valence electrons. The van der Waals surface area contributed by atoms with Gasteiger partial charge in [-0.05, 0) is 31.2 Å². The van der Waals surface area contributed by atoms with E-state index in [1.165, 1.54) is 18.0 Å². The Morgan fingerprint density at radius 3 is 2.84 bits per heavy atom. The van der Waals surface area contributed by atoms with Crippen molar-refractivity contribution in [3.63, 3.8) is 0 Å². The molecular weight excluding hydrogens is 262 g/mol. The Morgan fingerprint density at radius 2 is 2.16 bits per heavy atom. The first kappa shape index (κ1) is 13.4. The van der Waals surface area contributed by atoms with Crippen molar-refractivity contribution in [3.05, 3.63) is 47.8 Å². The largest absolute Gasteiger partial charge is 0.497 e. The number of carboxylic acids is 1. The average Bonchev–Trinajstić information content (AvgIpc) is 2.38. The summed E-state index contributed by atoms with van der Waals surface area (Å²) in [5.74, 6) is -0.231. The van der Waals surface area contributed by atoms with Gasteiger partial charge in [-0.3, -0.25) is 4.98 Å². The molecule has 0 bridgehead atoms. The van der Waals surface area contributed by atoms with Crippen LogP contribution in [0.1, 0.15) is 16.1 Å². The summed E-state index contributed by atoms with van der Waals surface area (Å²) < 4.78 is 5.15. The number of nitrogens with zero attached hydrogens (tertiary/aromatic N) is 1. The highest BCUT2D eigenvalue weighted by Crippen LogP contribution is 2.32. The second-order valence-corrected chi connectivity index (χ2v) is 5.02. The number of aromatic carboxylic acids is 1. The summed E-state index contributed by atoms with van der Waals surface area (Å²) >= 11 is 1.39. The van der Waals surface area contributed by atoms with Gasteiger partial charge >= 0.3 is 5.97 Å². The number of benzene rings is 1. The van der Waals surface area contributed by atoms with Crippen LogP contribution in [-0.2, 0) is 0 Å². The Bertz CT molecular complexity index is 613. The lowest BCUT2D eigenvalue weighted by atomic mass is 10.2. The summed E-state index contributed by atoms with van der Waals surface area (Å²) in [6.45, 7) is 1.83. The molecule has 0 saturated heterocycles. The number of ether oxygens (including phenoxy) is 1. The zero-order valence-corrected chi connectivity index (χ0v) is 11.4. The van der Waals surface area contributed by atoms with E-state index in [2.05, 4.69) is 4.98 Å². The summed E-state index contributed by atoms with van der Waals surface area (Å²) in [7, 11) is 1.60. The van der Waals surface area contributed by atoms with E-state index in [0.29, 0.717) is 4.90 Å². The van der Waals surface area contributed by atoms with Gasteiger partial charge in [0.15, 0.2) is 0 Å². The smallest absolute Gasteiger partial charge is 0.338 e. The van der Waals surface area contributed by atoms with Gasteiger partial charge in [0.05, 0.1) is 12.7 Å². The minimum Gasteiger partial charge on any atom is -0.497 e. The van der Waals surface area contributed by atoms with E-state index >= 15 is 0 Å². The van der Waals surface area contributed by atoms with Crippen LogP contribution in [0.5, 0.6) is 5.75 Å². The van der Waals surface area contributed by atoms with E-state index in [4.69, 9.17) is 9.84 Å². The average molecular weight is 275 g/mol. The van der Waals surface area contributed by atoms with Crippen LogP contribution in [0, 0.1) is 6.92 Å². The maximum atomic E-state index is 11.2. The van der Waals surface area contributed by atoms with Crippen LogP contribution in [0.2, 0.25) is 0 Å². The van der Waals surface area contributed by atoms with E-state index in [1.54, 1.807) is 13.2 Å². The van der Waals surface area contributed by atoms with Gasteiger partial charge in [0.1, 0.15) is 5.75 Å². The van der Waals surface area contributed by atoms with Crippen LogP contribution in [0.25, 0.3) is 0 Å². The third kappa shape index (κ3) is 3.26. The number of methoxy groups -OCH3 is 1. The second kappa shape index (κ2) is 5.75. The van der Waals surface area contributed by atoms with Crippen molar-refractivity contribution >= 4 is 17.7 Å². The molecule has 2 rings (SSSR count). The van der Waals surface area contributed by atoms with Gasteiger partial charge in [-0.15, -0.1) is 0 Å². The first-order valence-electron chi connectivity index (χ1n) is 5.62. The Kier molecular flexibility index (Phi) is 4.06. The predicted molar refractivity (Wildman–Crippen MR) is 73.1 cm³/mol. The molecular formula is C14H13NO3S. The van der Waals surface area contributed by atoms with Gasteiger partial charge in [-0.1, -0.05) is 17.8 Å². The SMILES string of the molecule is COc1cccc(Sc2cc(C)ncc2C(=O)O)c1. The fraction of sp³-hybridized carbons (Fsp3) is 0.143. The first-order valence-corrected chi connectivity index (χ1v) is 6.43. The lowest BCUT2D eigenvalue weighted by Gasteiger charge is -2.07. The number of hydrogen-bond donors (Lipinski definition) is 1. The van der Waals surface area contributed by atoms with Crippen molar-refractivity contribution in [2.45, 2.75) is 16.7 Å². The number of aryl methyl sites for hydroxylation is 1. The number of hydrogen-bond acceptors (Lipinski definition) is 4. The quantitative estimate of drug-likeness (QED) is 0.928. The highest BCUT2D eigenvalue weighted by atomic mass is 32.2. The fourth-order valence-electron chi connectivity index (χ4n) is 1.57. The van der Waals surface area contributed by atoms with Crippen LogP contribution in [0.3, 0.4) is 0 Å². The zero-order valence-electron chi connectivity index (χ0n) is 10.6. The number of rotatable bonds is 4. The minimum absolute atomic E-state index is 0.207. The molecule has 0 spiro atoms. The molecule has 1 N–H and O–H groups in total. The molecule has 2 aromatic rings. The van der Waals surface area contributed by atoms with Crippen LogP contribution in [0.4, 0.5) is 0 Å². The van der Waals surface area contributed by atoms with Crippen molar-refractivity contribution in [1.29, 1.82) is 0 Å². The van der Waals surface area contributed by atoms with Gasteiger partial charge in [0.2, 0.25) is 0 Å². The van der Waals surface area contributed by atoms with Crippen LogP contribution >= 0.6 is 11.8 Å². The molecule has 1 heterocycles. The van der Waals surface area contributed by atoms with Crippen LogP contribution in [-0.4, -0.2) is 23.2 Å². The van der Waals surface area contributed by atoms with Crippen molar-refractivity contribution in [3.8, 4) is 5.75 Å². The van der Waals surface area contributed by atoms with Gasteiger partial charge in [0, 0.05) is 21.7 Å². The summed E-state index contributed by atoms with van der Waals surface area (Å²) in [6.07, 6.45) is 1.39. The molecule has 0 unspecified atom stereocenters. The van der Waals surface area contributed by atoms with Crippen molar-refractivity contribution in [2.75, 3.05) is 7.11 Å². The zero-order chi connectivity index (χ0) is 13.8. The van der Waals surface area contributed by atoms with E-state index in [9.17, 15) is 4.79 Å². The predicted octanol–water partition coefficient (Wildman–Crippen LogP) is 3.25. The van der Waals surface area contributed by atoms with Gasteiger partial charge in [-0.25, -0.2) is 4.79 Å². The standard InChI is InChI=1S/C14H13NO3S/c1-9-6-13(12(8-15-9)14(16)17)19-11-5-3-4-10(7-11)18-2/h3-8H,1-2H3,(H,16,17). The topological polar surface area (TPSA) is 59.4 Å². The molecule has 1 aromatic carbocycles. The third-order valence-corrected chi connectivity index (χ3v) is 3.55. The number of pyridine rings is 1. The van der Waals surface area contributed by atoms with Gasteiger partial charge in [-0.2, -0.15) is 0 Å². The highest BCUT2D eigenvalue weighted by molar-refractivity contribution is 7.99. The Morgan fingerprint density at radius 1 is 1.37 bits per heavy atom. The monoisotopic (exact) mass is 275 g/mol. The third-order valence-electron chi connectivity index (χ3n) is 2.50. The molecule has 19 heavy (non-hydrogen) atoms. The van der Waals surface area contributed by atoms with Crippen LogP contribution < -0.4 is 4.74 Å². The summed E-state index contributed by atoms with van der Waals surface area (Å²) in [4.78, 5) is 16.8. The lowest BCUT2D eigenvalue weighted by molar-refractivity contribution is 0.0692. The molecule has 0 radical (unpaired) electrons. The molecule has 4 nitrogen and oxygen atoms in total. The Labute approximate surface area is 115 Å². The number of aromatic nitrogens is 1. The van der Waals surface area contributed by atoms with E-state index < -0.39 is 5.97 Å². The van der Waals surface area contributed by atoms with Gasteiger partial charge < -0.3 is 9.84 Å². The molecule has 0 atom stereocenters. The molecule has 0 aliphatic heterocycles. The molecule has 1 aromatic heterocycles. The first-order chi connectivity index (χ1) is 9.10. The normalized spacial score (nSPS) is 10.2. The molecule has 0 saturated carbocycles. The van der Waals surface area contributed by atoms with Crippen molar-refractivity contribution in [1.82, 2.24) is 4.98 Å². The fourth-order valence-corrected chi connectivity index (χ4v) is 2.63. The maximum absolute atomic E-state index is 11.2. The second-order valence-electron chi connectivity index (χ2n) is 3.91. The molecule has 0 aliphatic carbocycles. The molecule has 0 fully saturated rings. The number of carboxylic acid groups (broad SMARTS) is 1. The summed E-state index contributed by atoms with van der Waals surface area (Å²) in [6, 6.07) is 9.27. The summed E-state index contributed by atoms with van der Waals surface area (Å²) in [5, 5.41) is 9.16. The van der Waals surface area contributed by atoms with E-state index in [-0.39, 0.29) is 5.56 Å². The number of carbonyl (C=O) groups is 1. The maximum Gasteiger partial charge on any atom is 0.338 e. The van der Waals surface area contributed by atoms with Crippen molar-refractivity contribution in [2.24, 2.45) is 0 Å². The summed E-state index contributed by atoms with van der Waals surface area (Å²) in [5.41, 5.74) is 0.994. The van der Waals surface area contributed by atoms with Gasteiger partial charge in [0.25, 0.3) is 0 Å². The minimum atomic E-state index is -0.974. The molecule has 0 amide bonds. The van der Waals surface area contributed by atoms with E-state index in [1.807, 2.05) is 31.2 Å². The van der Waals surface area contributed by atoms with Crippen LogP contribution in [0.15, 0.2) is 46.3 Å². The Hall–Kier alpha value is -2.01. The van der Waals surface area contributed by atoms with E-state index in [0.717, 1.165) is 16.3 Å². The van der Waals surface area contributed by atoms with Crippen molar-refractivity contribution < 1.29 is 14.6 Å². The Balaban J connectivity index is 2.36. The highest BCUT2D eigenvalue weighted by Gasteiger charge is 2.12. The lowest BCUT2D eigenvalue weighted by Crippen LogP contribution is -2.00. The molecule has 0 aliphatic rings.